The molecule has 0 atom stereocenters. The van der Waals surface area contributed by atoms with Gasteiger partial charge in [-0.05, 0) is 48.4 Å². The highest BCUT2D eigenvalue weighted by atomic mass is 32.2. The van der Waals surface area contributed by atoms with E-state index in [0.29, 0.717) is 0 Å². The number of para-hydroxylation sites is 2. The zero-order chi connectivity index (χ0) is 16.4. The summed E-state index contributed by atoms with van der Waals surface area (Å²) in [6.07, 6.45) is 0.997. The van der Waals surface area contributed by atoms with E-state index in [0.717, 1.165) is 18.7 Å². The first-order valence-corrected chi connectivity index (χ1v) is 8.93. The molecular formula is C21H19NOS. The Labute approximate surface area is 147 Å². The molecule has 0 aromatic heterocycles. The Hall–Kier alpha value is -2.39. The number of ether oxygens (including phenoxy) is 1. The fourth-order valence-corrected chi connectivity index (χ4v) is 4.15. The SMILES string of the molecule is COc1ccc(CCN2c3ccccc3Sc3ccccc32)cc1. The summed E-state index contributed by atoms with van der Waals surface area (Å²) in [5.74, 6) is 0.906. The summed E-state index contributed by atoms with van der Waals surface area (Å²) in [6, 6.07) is 25.7. The minimum atomic E-state index is 0.906. The van der Waals surface area contributed by atoms with E-state index in [1.807, 2.05) is 23.9 Å². The van der Waals surface area contributed by atoms with Gasteiger partial charge in [0.2, 0.25) is 0 Å². The van der Waals surface area contributed by atoms with Gasteiger partial charge in [-0.25, -0.2) is 0 Å². The monoisotopic (exact) mass is 333 g/mol. The first kappa shape index (κ1) is 15.2. The lowest BCUT2D eigenvalue weighted by atomic mass is 10.1. The van der Waals surface area contributed by atoms with Crippen LogP contribution < -0.4 is 9.64 Å². The Morgan fingerprint density at radius 1 is 0.792 bits per heavy atom. The summed E-state index contributed by atoms with van der Waals surface area (Å²) < 4.78 is 5.24. The molecule has 1 aliphatic heterocycles. The van der Waals surface area contributed by atoms with E-state index < -0.39 is 0 Å². The van der Waals surface area contributed by atoms with Crippen molar-refractivity contribution in [1.82, 2.24) is 0 Å². The van der Waals surface area contributed by atoms with Gasteiger partial charge in [0.25, 0.3) is 0 Å². The van der Waals surface area contributed by atoms with Crippen molar-refractivity contribution in [2.24, 2.45) is 0 Å². The molecular weight excluding hydrogens is 314 g/mol. The molecule has 3 heteroatoms. The van der Waals surface area contributed by atoms with Crippen molar-refractivity contribution < 1.29 is 4.74 Å². The van der Waals surface area contributed by atoms with Gasteiger partial charge in [0.05, 0.1) is 18.5 Å². The van der Waals surface area contributed by atoms with Crippen LogP contribution in [0.3, 0.4) is 0 Å². The zero-order valence-electron chi connectivity index (χ0n) is 13.6. The average Bonchev–Trinajstić information content (AvgIpc) is 2.65. The number of hydrogen-bond donors (Lipinski definition) is 0. The van der Waals surface area contributed by atoms with Gasteiger partial charge < -0.3 is 9.64 Å². The minimum absolute atomic E-state index is 0.906. The standard InChI is InChI=1S/C21H19NOS/c1-23-17-12-10-16(11-13-17)14-15-22-18-6-2-4-8-20(18)24-21-9-5-3-7-19(21)22/h2-13H,14-15H2,1H3. The molecule has 2 nitrogen and oxygen atoms in total. The van der Waals surface area contributed by atoms with Crippen LogP contribution in [0.1, 0.15) is 5.56 Å². The molecule has 0 radical (unpaired) electrons. The van der Waals surface area contributed by atoms with Crippen LogP contribution in [-0.4, -0.2) is 13.7 Å². The molecule has 3 aromatic rings. The molecule has 0 bridgehead atoms. The van der Waals surface area contributed by atoms with Crippen LogP contribution >= 0.6 is 11.8 Å². The average molecular weight is 333 g/mol. The van der Waals surface area contributed by atoms with Crippen LogP contribution in [0, 0.1) is 0 Å². The number of methoxy groups -OCH3 is 1. The van der Waals surface area contributed by atoms with Crippen LogP contribution in [0.25, 0.3) is 0 Å². The van der Waals surface area contributed by atoms with Crippen molar-refractivity contribution in [2.45, 2.75) is 16.2 Å². The van der Waals surface area contributed by atoms with Crippen molar-refractivity contribution in [1.29, 1.82) is 0 Å². The Kier molecular flexibility index (Phi) is 4.18. The predicted octanol–water partition coefficient (Wildman–Crippen LogP) is 5.54. The molecule has 0 saturated carbocycles. The van der Waals surface area contributed by atoms with Crippen LogP contribution in [0.15, 0.2) is 82.6 Å². The van der Waals surface area contributed by atoms with Gasteiger partial charge >= 0.3 is 0 Å². The lowest BCUT2D eigenvalue weighted by molar-refractivity contribution is 0.414. The maximum Gasteiger partial charge on any atom is 0.118 e. The van der Waals surface area contributed by atoms with Crippen LogP contribution in [-0.2, 0) is 6.42 Å². The third kappa shape index (κ3) is 2.87. The van der Waals surface area contributed by atoms with Gasteiger partial charge in [0, 0.05) is 16.3 Å². The largest absolute Gasteiger partial charge is 0.497 e. The van der Waals surface area contributed by atoms with Crippen LogP contribution in [0.4, 0.5) is 11.4 Å². The summed E-state index contributed by atoms with van der Waals surface area (Å²) in [7, 11) is 1.70. The molecule has 0 unspecified atom stereocenters. The first-order chi connectivity index (χ1) is 11.8. The number of hydrogen-bond acceptors (Lipinski definition) is 3. The summed E-state index contributed by atoms with van der Waals surface area (Å²) in [4.78, 5) is 5.09. The first-order valence-electron chi connectivity index (χ1n) is 8.11. The molecule has 0 N–H and O–H groups in total. The number of anilines is 2. The van der Waals surface area contributed by atoms with E-state index in [-0.39, 0.29) is 0 Å². The second-order valence-electron chi connectivity index (χ2n) is 5.79. The van der Waals surface area contributed by atoms with Crippen molar-refractivity contribution >= 4 is 23.1 Å². The van der Waals surface area contributed by atoms with Crippen molar-refractivity contribution in [3.05, 3.63) is 78.4 Å². The zero-order valence-corrected chi connectivity index (χ0v) is 14.4. The van der Waals surface area contributed by atoms with Gasteiger partial charge in [0.15, 0.2) is 0 Å². The summed E-state index contributed by atoms with van der Waals surface area (Å²) >= 11 is 1.85. The topological polar surface area (TPSA) is 12.5 Å². The molecule has 0 aliphatic carbocycles. The number of fused-ring (bicyclic) bond motifs is 2. The lowest BCUT2D eigenvalue weighted by Crippen LogP contribution is -2.23. The number of nitrogens with zero attached hydrogens (tertiary/aromatic N) is 1. The Morgan fingerprint density at radius 3 is 1.96 bits per heavy atom. The van der Waals surface area contributed by atoms with Crippen LogP contribution in [0.5, 0.6) is 5.75 Å². The fraction of sp³-hybridized carbons (Fsp3) is 0.143. The molecule has 0 spiro atoms. The molecule has 0 amide bonds. The highest BCUT2D eigenvalue weighted by Gasteiger charge is 2.22. The molecule has 1 aliphatic rings. The number of benzene rings is 3. The predicted molar refractivity (Wildman–Crippen MR) is 101 cm³/mol. The second-order valence-corrected chi connectivity index (χ2v) is 6.87. The van der Waals surface area contributed by atoms with E-state index in [4.69, 9.17) is 4.74 Å². The van der Waals surface area contributed by atoms with Crippen LogP contribution in [0.2, 0.25) is 0 Å². The summed E-state index contributed by atoms with van der Waals surface area (Å²) in [5.41, 5.74) is 3.92. The smallest absolute Gasteiger partial charge is 0.118 e. The Balaban J connectivity index is 1.62. The molecule has 120 valence electrons. The van der Waals surface area contributed by atoms with Gasteiger partial charge in [-0.1, -0.05) is 48.2 Å². The van der Waals surface area contributed by atoms with Gasteiger partial charge in [-0.3, -0.25) is 0 Å². The maximum atomic E-state index is 5.24. The second kappa shape index (κ2) is 6.62. The normalized spacial score (nSPS) is 12.5. The van der Waals surface area contributed by atoms with E-state index in [1.54, 1.807) is 7.11 Å². The molecule has 24 heavy (non-hydrogen) atoms. The molecule has 3 aromatic carbocycles. The molecule has 0 saturated heterocycles. The van der Waals surface area contributed by atoms with Crippen molar-refractivity contribution in [3.63, 3.8) is 0 Å². The summed E-state index contributed by atoms with van der Waals surface area (Å²) in [6.45, 7) is 0.959. The molecule has 1 heterocycles. The van der Waals surface area contributed by atoms with Gasteiger partial charge in [-0.15, -0.1) is 0 Å². The van der Waals surface area contributed by atoms with Gasteiger partial charge in [-0.2, -0.15) is 0 Å². The summed E-state index contributed by atoms with van der Waals surface area (Å²) in [5, 5.41) is 0. The Bertz CT molecular complexity index is 799. The Morgan fingerprint density at radius 2 is 1.38 bits per heavy atom. The lowest BCUT2D eigenvalue weighted by Gasteiger charge is -2.32. The third-order valence-corrected chi connectivity index (χ3v) is 5.45. The quantitative estimate of drug-likeness (QED) is 0.622. The van der Waals surface area contributed by atoms with E-state index in [2.05, 4.69) is 65.6 Å². The van der Waals surface area contributed by atoms with Crippen molar-refractivity contribution in [2.75, 3.05) is 18.6 Å². The highest BCUT2D eigenvalue weighted by molar-refractivity contribution is 7.99. The maximum absolute atomic E-state index is 5.24. The molecule has 4 rings (SSSR count). The van der Waals surface area contributed by atoms with Gasteiger partial charge in [0.1, 0.15) is 5.75 Å². The minimum Gasteiger partial charge on any atom is -0.497 e. The van der Waals surface area contributed by atoms with E-state index >= 15 is 0 Å². The van der Waals surface area contributed by atoms with E-state index in [1.165, 1.54) is 26.7 Å². The number of rotatable bonds is 4. The van der Waals surface area contributed by atoms with E-state index in [9.17, 15) is 0 Å². The highest BCUT2D eigenvalue weighted by Crippen LogP contribution is 2.47. The molecule has 0 fully saturated rings. The third-order valence-electron chi connectivity index (χ3n) is 4.32. The fourth-order valence-electron chi connectivity index (χ4n) is 3.06. The van der Waals surface area contributed by atoms with Crippen molar-refractivity contribution in [3.8, 4) is 5.75 Å².